The van der Waals surface area contributed by atoms with E-state index in [2.05, 4.69) is 10.5 Å². The Bertz CT molecular complexity index is 502. The first-order valence-corrected chi connectivity index (χ1v) is 6.67. The van der Waals surface area contributed by atoms with Crippen molar-refractivity contribution in [2.24, 2.45) is 5.10 Å². The number of nitrogens with zero attached hydrogens (tertiary/aromatic N) is 1. The number of nitrogens with one attached hydrogen (secondary N) is 1. The molecule has 1 aromatic carbocycles. The van der Waals surface area contributed by atoms with Crippen LogP contribution in [0.4, 0.5) is 0 Å². The number of rotatable bonds is 4. The van der Waals surface area contributed by atoms with Crippen molar-refractivity contribution in [2.45, 2.75) is 33.0 Å². The van der Waals surface area contributed by atoms with Crippen LogP contribution in [0.1, 0.15) is 31.4 Å². The zero-order chi connectivity index (χ0) is 14.6. The number of carbonyl (C=O) groups excluding carboxylic acids is 1. The van der Waals surface area contributed by atoms with Gasteiger partial charge in [0.25, 0.3) is 0 Å². The highest BCUT2D eigenvalue weighted by molar-refractivity contribution is 5.99. The van der Waals surface area contributed by atoms with E-state index in [-0.39, 0.29) is 12.3 Å². The predicted octanol–water partition coefficient (Wildman–Crippen LogP) is 1.99. The molecule has 0 spiro atoms. The van der Waals surface area contributed by atoms with Crippen LogP contribution in [0, 0.1) is 6.92 Å². The fraction of sp³-hybridized carbons (Fsp3) is 0.467. The molecular weight excluding hydrogens is 256 g/mol. The summed E-state index contributed by atoms with van der Waals surface area (Å²) in [6, 6.07) is 7.98. The molecule has 20 heavy (non-hydrogen) atoms. The average Bonchev–Trinajstić information content (AvgIpc) is 2.83. The smallest absolute Gasteiger partial charge is 0.245 e. The van der Waals surface area contributed by atoms with E-state index in [9.17, 15) is 4.79 Å². The van der Waals surface area contributed by atoms with Crippen LogP contribution >= 0.6 is 0 Å². The van der Waals surface area contributed by atoms with Crippen molar-refractivity contribution in [3.05, 3.63) is 35.4 Å². The molecule has 1 aliphatic rings. The number of amides is 1. The van der Waals surface area contributed by atoms with Crippen molar-refractivity contribution >= 4 is 11.6 Å². The summed E-state index contributed by atoms with van der Waals surface area (Å²) in [5.74, 6) is -1.04. The molecule has 1 amide bonds. The highest BCUT2D eigenvalue weighted by Gasteiger charge is 2.33. The maximum atomic E-state index is 11.8. The van der Waals surface area contributed by atoms with Gasteiger partial charge in [-0.2, -0.15) is 5.10 Å². The van der Waals surface area contributed by atoms with Crippen LogP contribution in [0.2, 0.25) is 0 Å². The lowest BCUT2D eigenvalue weighted by Crippen LogP contribution is -2.33. The molecule has 0 aliphatic carbocycles. The maximum absolute atomic E-state index is 11.8. The Balaban J connectivity index is 1.91. The third-order valence-corrected chi connectivity index (χ3v) is 3.20. The molecular formula is C15H20N2O3. The van der Waals surface area contributed by atoms with E-state index in [0.717, 1.165) is 11.3 Å². The van der Waals surface area contributed by atoms with E-state index in [1.54, 1.807) is 6.92 Å². The van der Waals surface area contributed by atoms with Crippen LogP contribution in [0.25, 0.3) is 0 Å². The Morgan fingerprint density at radius 2 is 1.90 bits per heavy atom. The van der Waals surface area contributed by atoms with Gasteiger partial charge >= 0.3 is 0 Å². The molecule has 1 aliphatic heterocycles. The molecule has 2 rings (SSSR count). The second-order valence-corrected chi connectivity index (χ2v) is 5.11. The van der Waals surface area contributed by atoms with E-state index in [0.29, 0.717) is 13.2 Å². The van der Waals surface area contributed by atoms with E-state index < -0.39 is 5.79 Å². The van der Waals surface area contributed by atoms with Crippen molar-refractivity contribution in [3.8, 4) is 0 Å². The summed E-state index contributed by atoms with van der Waals surface area (Å²) < 4.78 is 10.8. The van der Waals surface area contributed by atoms with Crippen molar-refractivity contribution in [1.82, 2.24) is 5.43 Å². The lowest BCUT2D eigenvalue weighted by molar-refractivity contribution is -0.159. The summed E-state index contributed by atoms with van der Waals surface area (Å²) in [6.45, 7) is 6.69. The molecule has 1 fully saturated rings. The molecule has 0 bridgehead atoms. The second kappa shape index (κ2) is 6.15. The van der Waals surface area contributed by atoms with Crippen LogP contribution in [-0.2, 0) is 14.3 Å². The first-order valence-electron chi connectivity index (χ1n) is 6.67. The zero-order valence-electron chi connectivity index (χ0n) is 12.1. The summed E-state index contributed by atoms with van der Waals surface area (Å²) >= 11 is 0. The fourth-order valence-corrected chi connectivity index (χ4v) is 2.00. The maximum Gasteiger partial charge on any atom is 0.245 e. The Labute approximate surface area is 119 Å². The predicted molar refractivity (Wildman–Crippen MR) is 76.5 cm³/mol. The van der Waals surface area contributed by atoms with Gasteiger partial charge < -0.3 is 9.47 Å². The third-order valence-electron chi connectivity index (χ3n) is 3.20. The van der Waals surface area contributed by atoms with Gasteiger partial charge in [0.05, 0.1) is 25.3 Å². The molecule has 0 unspecified atom stereocenters. The van der Waals surface area contributed by atoms with Gasteiger partial charge in [-0.05, 0) is 26.3 Å². The van der Waals surface area contributed by atoms with Gasteiger partial charge in [0.15, 0.2) is 5.79 Å². The van der Waals surface area contributed by atoms with Gasteiger partial charge in [-0.1, -0.05) is 29.8 Å². The Morgan fingerprint density at radius 3 is 2.50 bits per heavy atom. The molecule has 108 valence electrons. The minimum atomic E-state index is -0.822. The lowest BCUT2D eigenvalue weighted by atomic mass is 10.1. The third kappa shape index (κ3) is 3.88. The monoisotopic (exact) mass is 276 g/mol. The normalized spacial score (nSPS) is 18.1. The molecule has 1 heterocycles. The molecule has 5 heteroatoms. The summed E-state index contributed by atoms with van der Waals surface area (Å²) in [5.41, 5.74) is 5.47. The number of carbonyl (C=O) groups is 1. The number of aryl methyl sites for hydroxylation is 1. The minimum Gasteiger partial charge on any atom is -0.347 e. The van der Waals surface area contributed by atoms with Crippen LogP contribution in [0.15, 0.2) is 29.4 Å². The Kier molecular flexibility index (Phi) is 4.52. The number of hydrogen-bond donors (Lipinski definition) is 1. The van der Waals surface area contributed by atoms with E-state index in [4.69, 9.17) is 9.47 Å². The molecule has 0 radical (unpaired) electrons. The van der Waals surface area contributed by atoms with Gasteiger partial charge in [0.2, 0.25) is 5.91 Å². The van der Waals surface area contributed by atoms with Crippen LogP contribution in [0.5, 0.6) is 0 Å². The van der Waals surface area contributed by atoms with Gasteiger partial charge in [-0.25, -0.2) is 5.43 Å². The molecule has 5 nitrogen and oxygen atoms in total. The van der Waals surface area contributed by atoms with Crippen molar-refractivity contribution in [3.63, 3.8) is 0 Å². The largest absolute Gasteiger partial charge is 0.347 e. The van der Waals surface area contributed by atoms with Gasteiger partial charge in [-0.15, -0.1) is 0 Å². The molecule has 0 saturated carbocycles. The number of benzene rings is 1. The Morgan fingerprint density at radius 1 is 1.30 bits per heavy atom. The molecule has 1 aromatic rings. The summed E-state index contributed by atoms with van der Waals surface area (Å²) in [4.78, 5) is 11.8. The molecule has 0 aromatic heterocycles. The lowest BCUT2D eigenvalue weighted by Gasteiger charge is -2.20. The van der Waals surface area contributed by atoms with E-state index >= 15 is 0 Å². The van der Waals surface area contributed by atoms with Crippen LogP contribution in [0.3, 0.4) is 0 Å². The fourth-order valence-electron chi connectivity index (χ4n) is 2.00. The standard InChI is InChI=1S/C15H20N2O3/c1-11-4-6-13(7-5-11)12(2)16-17-14(18)10-15(3)19-8-9-20-15/h4-7H,8-10H2,1-3H3,(H,17,18)/b16-12-. The van der Waals surface area contributed by atoms with Crippen molar-refractivity contribution < 1.29 is 14.3 Å². The van der Waals surface area contributed by atoms with E-state index in [1.165, 1.54) is 5.56 Å². The molecule has 1 saturated heterocycles. The number of ether oxygens (including phenoxy) is 2. The zero-order valence-corrected chi connectivity index (χ0v) is 12.1. The number of hydrogen-bond acceptors (Lipinski definition) is 4. The molecule has 0 atom stereocenters. The quantitative estimate of drug-likeness (QED) is 0.676. The van der Waals surface area contributed by atoms with Gasteiger partial charge in [-0.3, -0.25) is 4.79 Å². The topological polar surface area (TPSA) is 59.9 Å². The molecule has 1 N–H and O–H groups in total. The Hall–Kier alpha value is -1.72. The highest BCUT2D eigenvalue weighted by Crippen LogP contribution is 2.22. The van der Waals surface area contributed by atoms with E-state index in [1.807, 2.05) is 38.1 Å². The van der Waals surface area contributed by atoms with Crippen LogP contribution < -0.4 is 5.43 Å². The minimum absolute atomic E-state index is 0.137. The summed E-state index contributed by atoms with van der Waals surface area (Å²) in [6.07, 6.45) is 0.137. The highest BCUT2D eigenvalue weighted by atomic mass is 16.7. The summed E-state index contributed by atoms with van der Waals surface area (Å²) in [5, 5.41) is 4.10. The second-order valence-electron chi connectivity index (χ2n) is 5.11. The summed E-state index contributed by atoms with van der Waals surface area (Å²) in [7, 11) is 0. The first-order chi connectivity index (χ1) is 9.48. The SMILES string of the molecule is C/C(=N/NC(=O)CC1(C)OCCO1)c1ccc(C)cc1. The van der Waals surface area contributed by atoms with Crippen LogP contribution in [-0.4, -0.2) is 30.6 Å². The van der Waals surface area contributed by atoms with Gasteiger partial charge in [0, 0.05) is 0 Å². The van der Waals surface area contributed by atoms with Gasteiger partial charge in [0.1, 0.15) is 0 Å². The number of hydrazone groups is 1. The van der Waals surface area contributed by atoms with Crippen molar-refractivity contribution in [1.29, 1.82) is 0 Å². The average molecular weight is 276 g/mol. The first kappa shape index (κ1) is 14.7. The van der Waals surface area contributed by atoms with Crippen molar-refractivity contribution in [2.75, 3.05) is 13.2 Å².